The zero-order valence-electron chi connectivity index (χ0n) is 18.4. The van der Waals surface area contributed by atoms with Crippen molar-refractivity contribution in [3.8, 4) is 0 Å². The van der Waals surface area contributed by atoms with Gasteiger partial charge < -0.3 is 10.6 Å². The van der Waals surface area contributed by atoms with Crippen LogP contribution in [-0.2, 0) is 11.2 Å². The first-order valence-corrected chi connectivity index (χ1v) is 11.0. The summed E-state index contributed by atoms with van der Waals surface area (Å²) in [5.74, 6) is -0.101. The van der Waals surface area contributed by atoms with Crippen LogP contribution in [0.15, 0.2) is 90.2 Å². The van der Waals surface area contributed by atoms with Crippen LogP contribution in [0.1, 0.15) is 52.0 Å². The maximum Gasteiger partial charge on any atom is 0.226 e. The Bertz CT molecular complexity index is 817. The van der Waals surface area contributed by atoms with Gasteiger partial charge in [-0.05, 0) is 61.5 Å². The highest BCUT2D eigenvalue weighted by Gasteiger charge is 2.12. The highest BCUT2D eigenvalue weighted by atomic mass is 32.1. The van der Waals surface area contributed by atoms with Gasteiger partial charge in [0.05, 0.1) is 0 Å². The molecule has 1 aromatic carbocycles. The highest BCUT2D eigenvalue weighted by molar-refractivity contribution is 7.80. The van der Waals surface area contributed by atoms with Gasteiger partial charge in [-0.3, -0.25) is 4.79 Å². The zero-order chi connectivity index (χ0) is 22.2. The first-order valence-electron chi connectivity index (χ1n) is 10.6. The fraction of sp³-hybridized carbons (Fsp3) is 0.308. The first kappa shape index (κ1) is 25.3. The van der Waals surface area contributed by atoms with Crippen LogP contribution < -0.4 is 10.6 Å². The quantitative estimate of drug-likeness (QED) is 0.380. The molecule has 0 aliphatic heterocycles. The molecule has 0 aromatic heterocycles. The number of allylic oxidation sites excluding steroid dienone is 8. The van der Waals surface area contributed by atoms with Crippen LogP contribution in [0, 0.1) is 0 Å². The third kappa shape index (κ3) is 9.66. The number of carbonyl (C=O) groups excluding carboxylic acids is 1. The number of hydrogen-bond donors (Lipinski definition) is 2. The Hall–Kier alpha value is -2.72. The standard InChI is InChI=1S/C24H28N2OS.C2H6/c1-3-5-11-19(4-2)16-17-23(27)26-24(28)25-22-15-10-9-14-21(22)18-20-12-7-6-8-13-20;1-2/h3-8,11-15H,2,9-10,16-18H2,1H3,(H2,25,26,27,28);1-2H3/b5-3-,19-11+;. The van der Waals surface area contributed by atoms with Crippen molar-refractivity contribution in [3.63, 3.8) is 0 Å². The number of amides is 1. The predicted octanol–water partition coefficient (Wildman–Crippen LogP) is 6.32. The minimum Gasteiger partial charge on any atom is -0.332 e. The van der Waals surface area contributed by atoms with Crippen molar-refractivity contribution in [3.05, 3.63) is 95.8 Å². The smallest absolute Gasteiger partial charge is 0.226 e. The topological polar surface area (TPSA) is 41.1 Å². The van der Waals surface area contributed by atoms with Crippen molar-refractivity contribution >= 4 is 23.2 Å². The van der Waals surface area contributed by atoms with Crippen molar-refractivity contribution in [2.24, 2.45) is 0 Å². The molecule has 0 fully saturated rings. The molecule has 0 spiro atoms. The lowest BCUT2D eigenvalue weighted by molar-refractivity contribution is -0.119. The van der Waals surface area contributed by atoms with Gasteiger partial charge in [-0.1, -0.05) is 87.2 Å². The number of carbonyl (C=O) groups is 1. The fourth-order valence-corrected chi connectivity index (χ4v) is 3.14. The van der Waals surface area contributed by atoms with Gasteiger partial charge in [0.2, 0.25) is 5.91 Å². The largest absolute Gasteiger partial charge is 0.332 e. The fourth-order valence-electron chi connectivity index (χ4n) is 2.91. The number of nitrogens with one attached hydrogen (secondary N) is 2. The van der Waals surface area contributed by atoms with E-state index in [1.165, 1.54) is 11.1 Å². The molecule has 1 aromatic rings. The maximum absolute atomic E-state index is 12.2. The molecule has 0 atom stereocenters. The molecule has 1 amide bonds. The van der Waals surface area contributed by atoms with Gasteiger partial charge in [-0.15, -0.1) is 0 Å². The third-order valence-electron chi connectivity index (χ3n) is 4.40. The number of benzene rings is 1. The molecular formula is C26H34N2OS. The molecule has 0 heterocycles. The molecule has 0 unspecified atom stereocenters. The van der Waals surface area contributed by atoms with Crippen molar-refractivity contribution in [2.45, 2.75) is 52.9 Å². The van der Waals surface area contributed by atoms with Gasteiger partial charge in [0.15, 0.2) is 5.11 Å². The number of thiocarbonyl (C=S) groups is 1. The van der Waals surface area contributed by atoms with Crippen LogP contribution in [0.5, 0.6) is 0 Å². The van der Waals surface area contributed by atoms with E-state index in [1.807, 2.05) is 57.2 Å². The second kappa shape index (κ2) is 15.2. The summed E-state index contributed by atoms with van der Waals surface area (Å²) < 4.78 is 0. The van der Waals surface area contributed by atoms with E-state index < -0.39 is 0 Å². The van der Waals surface area contributed by atoms with E-state index in [0.717, 1.165) is 30.5 Å². The number of hydrogen-bond acceptors (Lipinski definition) is 2. The Balaban J connectivity index is 0.00000218. The molecule has 0 bridgehead atoms. The Morgan fingerprint density at radius 1 is 1.13 bits per heavy atom. The Morgan fingerprint density at radius 3 is 2.50 bits per heavy atom. The van der Waals surface area contributed by atoms with Crippen molar-refractivity contribution in [2.75, 3.05) is 0 Å². The molecule has 2 N–H and O–H groups in total. The van der Waals surface area contributed by atoms with Crippen molar-refractivity contribution < 1.29 is 4.79 Å². The van der Waals surface area contributed by atoms with E-state index in [0.29, 0.717) is 18.0 Å². The molecule has 4 heteroatoms. The monoisotopic (exact) mass is 422 g/mol. The molecule has 3 nitrogen and oxygen atoms in total. The maximum atomic E-state index is 12.2. The van der Waals surface area contributed by atoms with Gasteiger partial charge in [-0.25, -0.2) is 0 Å². The molecule has 30 heavy (non-hydrogen) atoms. The minimum absolute atomic E-state index is 0.101. The lowest BCUT2D eigenvalue weighted by Crippen LogP contribution is -2.39. The van der Waals surface area contributed by atoms with Crippen LogP contribution in [-0.4, -0.2) is 11.0 Å². The SMILES string of the molecule is C=C/C(=C\C=C/C)CCC(=O)NC(=S)NC1=CCCC=C1Cc1ccccc1.CC. The summed E-state index contributed by atoms with van der Waals surface area (Å²) in [4.78, 5) is 12.2. The summed E-state index contributed by atoms with van der Waals surface area (Å²) in [6.45, 7) is 9.74. The Kier molecular flexibility index (Phi) is 12.8. The van der Waals surface area contributed by atoms with Crippen LogP contribution in [0.3, 0.4) is 0 Å². The van der Waals surface area contributed by atoms with E-state index in [4.69, 9.17) is 12.2 Å². The van der Waals surface area contributed by atoms with Gasteiger partial charge in [0, 0.05) is 12.1 Å². The van der Waals surface area contributed by atoms with Crippen LogP contribution in [0.25, 0.3) is 0 Å². The molecule has 160 valence electrons. The van der Waals surface area contributed by atoms with E-state index in [2.05, 4.69) is 41.5 Å². The summed E-state index contributed by atoms with van der Waals surface area (Å²) in [5, 5.41) is 6.33. The molecular weight excluding hydrogens is 388 g/mol. The Morgan fingerprint density at radius 2 is 1.83 bits per heavy atom. The van der Waals surface area contributed by atoms with E-state index in [9.17, 15) is 4.79 Å². The normalized spacial score (nSPS) is 13.5. The lowest BCUT2D eigenvalue weighted by atomic mass is 9.97. The summed E-state index contributed by atoms with van der Waals surface area (Å²) >= 11 is 5.35. The Labute approximate surface area is 187 Å². The van der Waals surface area contributed by atoms with Gasteiger partial charge in [0.1, 0.15) is 0 Å². The molecule has 1 aliphatic rings. The van der Waals surface area contributed by atoms with Crippen molar-refractivity contribution in [1.82, 2.24) is 10.6 Å². The summed E-state index contributed by atoms with van der Waals surface area (Å²) in [6, 6.07) is 10.3. The van der Waals surface area contributed by atoms with E-state index in [-0.39, 0.29) is 5.91 Å². The first-order chi connectivity index (χ1) is 14.6. The van der Waals surface area contributed by atoms with Crippen LogP contribution in [0.4, 0.5) is 0 Å². The minimum atomic E-state index is -0.101. The average molecular weight is 423 g/mol. The van der Waals surface area contributed by atoms with Gasteiger partial charge in [0.25, 0.3) is 0 Å². The van der Waals surface area contributed by atoms with Crippen molar-refractivity contribution in [1.29, 1.82) is 0 Å². The number of rotatable bonds is 8. The molecule has 0 radical (unpaired) electrons. The highest BCUT2D eigenvalue weighted by Crippen LogP contribution is 2.21. The van der Waals surface area contributed by atoms with Gasteiger partial charge >= 0.3 is 0 Å². The predicted molar refractivity (Wildman–Crippen MR) is 133 cm³/mol. The second-order valence-electron chi connectivity index (χ2n) is 6.56. The summed E-state index contributed by atoms with van der Waals surface area (Å²) in [6.07, 6.45) is 15.8. The van der Waals surface area contributed by atoms with Crippen LogP contribution in [0.2, 0.25) is 0 Å². The van der Waals surface area contributed by atoms with E-state index in [1.54, 1.807) is 6.08 Å². The van der Waals surface area contributed by atoms with Crippen LogP contribution >= 0.6 is 12.2 Å². The molecule has 0 saturated carbocycles. The van der Waals surface area contributed by atoms with E-state index >= 15 is 0 Å². The van der Waals surface area contributed by atoms with Gasteiger partial charge in [-0.2, -0.15) is 0 Å². The third-order valence-corrected chi connectivity index (χ3v) is 4.60. The molecule has 0 saturated heterocycles. The summed E-state index contributed by atoms with van der Waals surface area (Å²) in [5.41, 5.74) is 4.47. The summed E-state index contributed by atoms with van der Waals surface area (Å²) in [7, 11) is 0. The average Bonchev–Trinajstić information content (AvgIpc) is 2.77. The molecule has 1 aliphatic carbocycles. The lowest BCUT2D eigenvalue weighted by Gasteiger charge is -2.19. The molecule has 2 rings (SSSR count). The second-order valence-corrected chi connectivity index (χ2v) is 6.97. The zero-order valence-corrected chi connectivity index (χ0v) is 19.2.